The number of carboxylic acids is 1. The molecule has 19 heavy (non-hydrogen) atoms. The molecule has 0 aromatic heterocycles. The second kappa shape index (κ2) is 5.80. The highest BCUT2D eigenvalue weighted by atomic mass is 16.4. The van der Waals surface area contributed by atoms with Crippen molar-refractivity contribution in [3.05, 3.63) is 0 Å². The Hall–Kier alpha value is -1.26. The molecule has 0 radical (unpaired) electrons. The van der Waals surface area contributed by atoms with E-state index in [1.165, 1.54) is 25.7 Å². The Bertz CT molecular complexity index is 341. The number of rotatable bonds is 3. The fourth-order valence-corrected chi connectivity index (χ4v) is 3.39. The molecule has 0 bridgehead atoms. The highest BCUT2D eigenvalue weighted by molar-refractivity contribution is 5.82. The number of hydrogen-bond acceptors (Lipinski definition) is 2. The van der Waals surface area contributed by atoms with E-state index in [0.717, 1.165) is 25.9 Å². The molecule has 1 saturated heterocycles. The van der Waals surface area contributed by atoms with Crippen LogP contribution < -0.4 is 5.32 Å². The quantitative estimate of drug-likeness (QED) is 0.824. The van der Waals surface area contributed by atoms with Gasteiger partial charge in [0, 0.05) is 13.1 Å². The van der Waals surface area contributed by atoms with E-state index < -0.39 is 12.0 Å². The third kappa shape index (κ3) is 3.19. The Kier molecular flexibility index (Phi) is 4.32. The average molecular weight is 268 g/mol. The molecule has 1 unspecified atom stereocenters. The summed E-state index contributed by atoms with van der Waals surface area (Å²) in [5.74, 6) is -0.958. The van der Waals surface area contributed by atoms with Gasteiger partial charge in [0.1, 0.15) is 6.04 Å². The number of likely N-dealkylation sites (tertiary alicyclic amines) is 1. The number of aliphatic carboxylic acids is 1. The lowest BCUT2D eigenvalue weighted by Crippen LogP contribution is -2.51. The highest BCUT2D eigenvalue weighted by Crippen LogP contribution is 2.46. The molecule has 1 spiro atoms. The van der Waals surface area contributed by atoms with Gasteiger partial charge in [0.25, 0.3) is 0 Å². The van der Waals surface area contributed by atoms with Gasteiger partial charge in [0.15, 0.2) is 0 Å². The Morgan fingerprint density at radius 1 is 1.21 bits per heavy atom. The van der Waals surface area contributed by atoms with Crippen LogP contribution in [0.1, 0.15) is 51.9 Å². The van der Waals surface area contributed by atoms with E-state index >= 15 is 0 Å². The van der Waals surface area contributed by atoms with Gasteiger partial charge < -0.3 is 15.3 Å². The predicted molar refractivity (Wildman–Crippen MR) is 72.0 cm³/mol. The number of carboxylic acid groups (broad SMARTS) is 1. The zero-order valence-corrected chi connectivity index (χ0v) is 11.7. The SMILES string of the molecule is CCC(NC(=O)N1CCC2(CCCC2)CC1)C(=O)O. The second-order valence-corrected chi connectivity index (χ2v) is 5.94. The van der Waals surface area contributed by atoms with Crippen LogP contribution in [0.2, 0.25) is 0 Å². The normalized spacial score (nSPS) is 23.3. The van der Waals surface area contributed by atoms with E-state index in [2.05, 4.69) is 5.32 Å². The van der Waals surface area contributed by atoms with Crippen molar-refractivity contribution in [3.63, 3.8) is 0 Å². The van der Waals surface area contributed by atoms with Gasteiger partial charge in [-0.05, 0) is 37.5 Å². The Morgan fingerprint density at radius 3 is 2.26 bits per heavy atom. The van der Waals surface area contributed by atoms with Crippen molar-refractivity contribution >= 4 is 12.0 Å². The van der Waals surface area contributed by atoms with Crippen LogP contribution in [0.15, 0.2) is 0 Å². The minimum absolute atomic E-state index is 0.220. The molecule has 108 valence electrons. The first-order valence-electron chi connectivity index (χ1n) is 7.34. The van der Waals surface area contributed by atoms with E-state index in [-0.39, 0.29) is 6.03 Å². The third-order valence-electron chi connectivity index (χ3n) is 4.78. The van der Waals surface area contributed by atoms with Gasteiger partial charge in [-0.1, -0.05) is 19.8 Å². The van der Waals surface area contributed by atoms with Gasteiger partial charge in [-0.25, -0.2) is 9.59 Å². The van der Waals surface area contributed by atoms with Gasteiger partial charge >= 0.3 is 12.0 Å². The molecular weight excluding hydrogens is 244 g/mol. The van der Waals surface area contributed by atoms with Crippen LogP contribution in [0, 0.1) is 5.41 Å². The van der Waals surface area contributed by atoms with Crippen LogP contribution in [0.5, 0.6) is 0 Å². The van der Waals surface area contributed by atoms with Crippen molar-refractivity contribution < 1.29 is 14.7 Å². The highest BCUT2D eigenvalue weighted by Gasteiger charge is 2.38. The zero-order chi connectivity index (χ0) is 13.9. The fraction of sp³-hybridized carbons (Fsp3) is 0.857. The van der Waals surface area contributed by atoms with Gasteiger partial charge in [-0.15, -0.1) is 0 Å². The predicted octanol–water partition coefficient (Wildman–Crippen LogP) is 2.22. The summed E-state index contributed by atoms with van der Waals surface area (Å²) in [6, 6.07) is -0.989. The van der Waals surface area contributed by atoms with Crippen molar-refractivity contribution in [3.8, 4) is 0 Å². The molecule has 2 amide bonds. The van der Waals surface area contributed by atoms with Crippen molar-refractivity contribution in [2.75, 3.05) is 13.1 Å². The molecule has 2 N–H and O–H groups in total. The molecule has 2 fully saturated rings. The first-order valence-corrected chi connectivity index (χ1v) is 7.34. The zero-order valence-electron chi connectivity index (χ0n) is 11.7. The van der Waals surface area contributed by atoms with E-state index in [1.54, 1.807) is 11.8 Å². The average Bonchev–Trinajstić information content (AvgIpc) is 2.84. The van der Waals surface area contributed by atoms with E-state index in [1.807, 2.05) is 0 Å². The number of hydrogen-bond donors (Lipinski definition) is 2. The van der Waals surface area contributed by atoms with Crippen LogP contribution in [-0.4, -0.2) is 41.1 Å². The second-order valence-electron chi connectivity index (χ2n) is 5.94. The van der Waals surface area contributed by atoms with Crippen molar-refractivity contribution in [2.45, 2.75) is 57.9 Å². The Morgan fingerprint density at radius 2 is 1.79 bits per heavy atom. The Labute approximate surface area is 114 Å². The lowest BCUT2D eigenvalue weighted by molar-refractivity contribution is -0.139. The maximum Gasteiger partial charge on any atom is 0.326 e. The number of urea groups is 1. The van der Waals surface area contributed by atoms with Gasteiger partial charge in [0.2, 0.25) is 0 Å². The van der Waals surface area contributed by atoms with Crippen LogP contribution in [-0.2, 0) is 4.79 Å². The largest absolute Gasteiger partial charge is 0.480 e. The molecule has 1 saturated carbocycles. The van der Waals surface area contributed by atoms with Crippen LogP contribution in [0.3, 0.4) is 0 Å². The smallest absolute Gasteiger partial charge is 0.326 e. The number of nitrogens with one attached hydrogen (secondary N) is 1. The molecule has 0 aromatic carbocycles. The molecule has 1 aliphatic heterocycles. The number of piperidine rings is 1. The summed E-state index contributed by atoms with van der Waals surface area (Å²) in [5.41, 5.74) is 0.480. The molecule has 5 heteroatoms. The molecular formula is C14H24N2O3. The maximum atomic E-state index is 12.0. The number of carbonyl (C=O) groups is 2. The lowest BCUT2D eigenvalue weighted by Gasteiger charge is -2.39. The van der Waals surface area contributed by atoms with E-state index in [0.29, 0.717) is 11.8 Å². The standard InChI is InChI=1S/C14H24N2O3/c1-2-11(12(17)18)15-13(19)16-9-7-14(8-10-16)5-3-4-6-14/h11H,2-10H2,1H3,(H,15,19)(H,17,18). The summed E-state index contributed by atoms with van der Waals surface area (Å²) in [6.07, 6.45) is 7.81. The van der Waals surface area contributed by atoms with Gasteiger partial charge in [-0.3, -0.25) is 0 Å². The topological polar surface area (TPSA) is 69.6 Å². The number of amides is 2. The Balaban J connectivity index is 1.83. The van der Waals surface area contributed by atoms with Crippen LogP contribution >= 0.6 is 0 Å². The molecule has 1 aliphatic carbocycles. The maximum absolute atomic E-state index is 12.0. The van der Waals surface area contributed by atoms with Gasteiger partial charge in [0.05, 0.1) is 0 Å². The summed E-state index contributed by atoms with van der Waals surface area (Å²) in [7, 11) is 0. The van der Waals surface area contributed by atoms with Crippen LogP contribution in [0.4, 0.5) is 4.79 Å². The lowest BCUT2D eigenvalue weighted by atomic mass is 9.77. The monoisotopic (exact) mass is 268 g/mol. The molecule has 1 heterocycles. The summed E-state index contributed by atoms with van der Waals surface area (Å²) in [6.45, 7) is 3.30. The first kappa shape index (κ1) is 14.2. The first-order chi connectivity index (χ1) is 9.06. The van der Waals surface area contributed by atoms with E-state index in [4.69, 9.17) is 5.11 Å². The fourth-order valence-electron chi connectivity index (χ4n) is 3.39. The molecule has 1 atom stereocenters. The van der Waals surface area contributed by atoms with E-state index in [9.17, 15) is 9.59 Å². The van der Waals surface area contributed by atoms with Crippen molar-refractivity contribution in [1.82, 2.24) is 10.2 Å². The van der Waals surface area contributed by atoms with Gasteiger partial charge in [-0.2, -0.15) is 0 Å². The minimum Gasteiger partial charge on any atom is -0.480 e. The van der Waals surface area contributed by atoms with Crippen LogP contribution in [0.25, 0.3) is 0 Å². The van der Waals surface area contributed by atoms with Crippen molar-refractivity contribution in [1.29, 1.82) is 0 Å². The molecule has 2 aliphatic rings. The van der Waals surface area contributed by atoms with Crippen molar-refractivity contribution in [2.24, 2.45) is 5.41 Å². The number of carbonyl (C=O) groups excluding carboxylic acids is 1. The summed E-state index contributed by atoms with van der Waals surface area (Å²) in [4.78, 5) is 24.7. The molecule has 2 rings (SSSR count). The number of nitrogens with zero attached hydrogens (tertiary/aromatic N) is 1. The summed E-state index contributed by atoms with van der Waals surface area (Å²) < 4.78 is 0. The molecule has 5 nitrogen and oxygen atoms in total. The summed E-state index contributed by atoms with van der Waals surface area (Å²) >= 11 is 0. The third-order valence-corrected chi connectivity index (χ3v) is 4.78. The summed E-state index contributed by atoms with van der Waals surface area (Å²) in [5, 5.41) is 11.6. The molecule has 0 aromatic rings. The minimum atomic E-state index is -0.958.